The summed E-state index contributed by atoms with van der Waals surface area (Å²) in [5, 5.41) is 13.6. The van der Waals surface area contributed by atoms with Crippen LogP contribution in [0.2, 0.25) is 0 Å². The zero-order valence-corrected chi connectivity index (χ0v) is 11.0. The van der Waals surface area contributed by atoms with E-state index in [4.69, 9.17) is 0 Å². The molecular weight excluding hydrogens is 222 g/mol. The van der Waals surface area contributed by atoms with Crippen molar-refractivity contribution in [2.24, 2.45) is 5.41 Å². The fourth-order valence-corrected chi connectivity index (χ4v) is 1.77. The van der Waals surface area contributed by atoms with Gasteiger partial charge >= 0.3 is 0 Å². The molecule has 1 heterocycles. The molecule has 2 aromatic rings. The Morgan fingerprint density at radius 1 is 1.28 bits per heavy atom. The largest absolute Gasteiger partial charge is 0.383 e. The van der Waals surface area contributed by atoms with Crippen LogP contribution in [0.1, 0.15) is 26.3 Å². The van der Waals surface area contributed by atoms with Crippen LogP contribution in [-0.2, 0) is 0 Å². The van der Waals surface area contributed by atoms with Crippen LogP contribution < -0.4 is 5.32 Å². The molecule has 1 N–H and O–H groups in total. The Bertz CT molecular complexity index is 603. The highest BCUT2D eigenvalue weighted by Gasteiger charge is 2.13. The highest BCUT2D eigenvalue weighted by molar-refractivity contribution is 5.93. The molecule has 0 atom stereocenters. The van der Waals surface area contributed by atoms with Crippen LogP contribution in [0.25, 0.3) is 10.9 Å². The summed E-state index contributed by atoms with van der Waals surface area (Å²) in [5.41, 5.74) is 2.56. The van der Waals surface area contributed by atoms with Crippen molar-refractivity contribution in [3.8, 4) is 6.07 Å². The quantitative estimate of drug-likeness (QED) is 0.871. The molecule has 3 nitrogen and oxygen atoms in total. The lowest BCUT2D eigenvalue weighted by Gasteiger charge is -2.21. The van der Waals surface area contributed by atoms with Crippen LogP contribution in [0, 0.1) is 16.7 Å². The van der Waals surface area contributed by atoms with Crippen molar-refractivity contribution in [1.29, 1.82) is 5.26 Å². The van der Waals surface area contributed by atoms with Crippen molar-refractivity contribution < 1.29 is 0 Å². The minimum atomic E-state index is 0.164. The molecule has 1 aromatic carbocycles. The molecule has 0 spiro atoms. The average Bonchev–Trinajstić information content (AvgIpc) is 2.34. The Kier molecular flexibility index (Phi) is 3.20. The lowest BCUT2D eigenvalue weighted by atomic mass is 9.96. The van der Waals surface area contributed by atoms with Gasteiger partial charge in [0.15, 0.2) is 0 Å². The number of rotatable bonds is 2. The number of anilines is 1. The van der Waals surface area contributed by atoms with Gasteiger partial charge in [0.05, 0.1) is 16.8 Å². The second-order valence-corrected chi connectivity index (χ2v) is 5.59. The second kappa shape index (κ2) is 4.66. The smallest absolute Gasteiger partial charge is 0.103 e. The molecular formula is C15H17N3. The van der Waals surface area contributed by atoms with Crippen LogP contribution in [0.5, 0.6) is 0 Å². The number of benzene rings is 1. The summed E-state index contributed by atoms with van der Waals surface area (Å²) in [6.45, 7) is 7.30. The summed E-state index contributed by atoms with van der Waals surface area (Å²) in [4.78, 5) is 4.29. The Morgan fingerprint density at radius 3 is 2.67 bits per heavy atom. The number of hydrogen-bond donors (Lipinski definition) is 1. The third-order valence-electron chi connectivity index (χ3n) is 2.69. The standard InChI is InChI=1S/C15H17N3/c1-15(2,3)10-18-14-11(8-16)9-17-13-7-5-4-6-12(13)14/h4-7,9H,10H2,1-3H3,(H,17,18). The van der Waals surface area contributed by atoms with E-state index in [0.717, 1.165) is 23.1 Å². The summed E-state index contributed by atoms with van der Waals surface area (Å²) in [6, 6.07) is 10.1. The lowest BCUT2D eigenvalue weighted by molar-refractivity contribution is 0.443. The van der Waals surface area contributed by atoms with E-state index in [1.807, 2.05) is 24.3 Å². The fraction of sp³-hybridized carbons (Fsp3) is 0.333. The van der Waals surface area contributed by atoms with E-state index < -0.39 is 0 Å². The van der Waals surface area contributed by atoms with Gasteiger partial charge in [-0.3, -0.25) is 4.98 Å². The average molecular weight is 239 g/mol. The van der Waals surface area contributed by atoms with Crippen LogP contribution in [0.4, 0.5) is 5.69 Å². The Hall–Kier alpha value is -2.08. The van der Waals surface area contributed by atoms with Gasteiger partial charge in [-0.2, -0.15) is 5.26 Å². The number of fused-ring (bicyclic) bond motifs is 1. The molecule has 0 fully saturated rings. The first-order chi connectivity index (χ1) is 8.51. The molecule has 18 heavy (non-hydrogen) atoms. The number of para-hydroxylation sites is 1. The second-order valence-electron chi connectivity index (χ2n) is 5.59. The highest BCUT2D eigenvalue weighted by atomic mass is 14.9. The Labute approximate surface area is 107 Å². The van der Waals surface area contributed by atoms with E-state index in [2.05, 4.69) is 37.1 Å². The molecule has 0 amide bonds. The van der Waals surface area contributed by atoms with Gasteiger partial charge in [-0.25, -0.2) is 0 Å². The monoisotopic (exact) mass is 239 g/mol. The molecule has 0 aliphatic heterocycles. The molecule has 0 aliphatic rings. The first-order valence-electron chi connectivity index (χ1n) is 6.03. The third-order valence-corrected chi connectivity index (χ3v) is 2.69. The molecule has 0 unspecified atom stereocenters. The van der Waals surface area contributed by atoms with Gasteiger partial charge in [-0.1, -0.05) is 39.0 Å². The maximum Gasteiger partial charge on any atom is 0.103 e. The third kappa shape index (κ3) is 2.60. The molecule has 0 bridgehead atoms. The Balaban J connectivity index is 2.49. The lowest BCUT2D eigenvalue weighted by Crippen LogP contribution is -2.19. The molecule has 0 saturated heterocycles. The van der Waals surface area contributed by atoms with Gasteiger partial charge in [0.1, 0.15) is 6.07 Å². The maximum atomic E-state index is 9.18. The molecule has 0 radical (unpaired) electrons. The van der Waals surface area contributed by atoms with E-state index in [1.54, 1.807) is 6.20 Å². The van der Waals surface area contributed by atoms with Crippen LogP contribution >= 0.6 is 0 Å². The highest BCUT2D eigenvalue weighted by Crippen LogP contribution is 2.26. The molecule has 0 aliphatic carbocycles. The number of aromatic nitrogens is 1. The van der Waals surface area contributed by atoms with Crippen molar-refractivity contribution in [3.05, 3.63) is 36.0 Å². The summed E-state index contributed by atoms with van der Waals surface area (Å²) >= 11 is 0. The van der Waals surface area contributed by atoms with Crippen molar-refractivity contribution in [3.63, 3.8) is 0 Å². The predicted molar refractivity (Wildman–Crippen MR) is 74.4 cm³/mol. The van der Waals surface area contributed by atoms with Crippen LogP contribution in [0.15, 0.2) is 30.5 Å². The van der Waals surface area contributed by atoms with Crippen molar-refractivity contribution in [2.45, 2.75) is 20.8 Å². The van der Waals surface area contributed by atoms with E-state index in [1.165, 1.54) is 0 Å². The minimum Gasteiger partial charge on any atom is -0.383 e. The zero-order valence-electron chi connectivity index (χ0n) is 11.0. The van der Waals surface area contributed by atoms with E-state index >= 15 is 0 Å². The number of nitrogens with one attached hydrogen (secondary N) is 1. The van der Waals surface area contributed by atoms with Gasteiger partial charge in [0.2, 0.25) is 0 Å². The predicted octanol–water partition coefficient (Wildman–Crippen LogP) is 3.56. The minimum absolute atomic E-state index is 0.164. The summed E-state index contributed by atoms with van der Waals surface area (Å²) in [6.07, 6.45) is 1.63. The molecule has 92 valence electrons. The topological polar surface area (TPSA) is 48.7 Å². The normalized spacial score (nSPS) is 11.2. The van der Waals surface area contributed by atoms with Crippen molar-refractivity contribution in [2.75, 3.05) is 11.9 Å². The first kappa shape index (κ1) is 12.4. The van der Waals surface area contributed by atoms with Crippen molar-refractivity contribution in [1.82, 2.24) is 4.98 Å². The van der Waals surface area contributed by atoms with Gasteiger partial charge in [-0.15, -0.1) is 0 Å². The SMILES string of the molecule is CC(C)(C)CNc1c(C#N)cnc2ccccc12. The Morgan fingerprint density at radius 2 is 2.00 bits per heavy atom. The van der Waals surface area contributed by atoms with Crippen LogP contribution in [-0.4, -0.2) is 11.5 Å². The first-order valence-corrected chi connectivity index (χ1v) is 6.03. The van der Waals surface area contributed by atoms with Crippen molar-refractivity contribution >= 4 is 16.6 Å². The summed E-state index contributed by atoms with van der Waals surface area (Å²) < 4.78 is 0. The van der Waals surface area contributed by atoms with E-state index in [-0.39, 0.29) is 5.41 Å². The number of nitrogens with zero attached hydrogens (tertiary/aromatic N) is 2. The number of nitriles is 1. The molecule has 1 aromatic heterocycles. The van der Waals surface area contributed by atoms with E-state index in [0.29, 0.717) is 5.56 Å². The van der Waals surface area contributed by atoms with Gasteiger partial charge < -0.3 is 5.32 Å². The number of hydrogen-bond acceptors (Lipinski definition) is 3. The summed E-state index contributed by atoms with van der Waals surface area (Å²) in [7, 11) is 0. The van der Waals surface area contributed by atoms with Gasteiger partial charge in [-0.05, 0) is 11.5 Å². The zero-order chi connectivity index (χ0) is 13.2. The molecule has 3 heteroatoms. The van der Waals surface area contributed by atoms with Gasteiger partial charge in [0.25, 0.3) is 0 Å². The van der Waals surface area contributed by atoms with E-state index in [9.17, 15) is 5.26 Å². The molecule has 0 saturated carbocycles. The molecule has 2 rings (SSSR count). The summed E-state index contributed by atoms with van der Waals surface area (Å²) in [5.74, 6) is 0. The maximum absolute atomic E-state index is 9.18. The number of pyridine rings is 1. The fourth-order valence-electron chi connectivity index (χ4n) is 1.77. The van der Waals surface area contributed by atoms with Gasteiger partial charge in [0, 0.05) is 18.1 Å². The van der Waals surface area contributed by atoms with Crippen LogP contribution in [0.3, 0.4) is 0 Å².